The molecule has 6 heteroatoms. The lowest BCUT2D eigenvalue weighted by Gasteiger charge is -2.20. The number of amides is 1. The zero-order chi connectivity index (χ0) is 43.7. The summed E-state index contributed by atoms with van der Waals surface area (Å²) in [5.74, 6) is -0.100. The third kappa shape index (κ3) is 45.6. The summed E-state index contributed by atoms with van der Waals surface area (Å²) in [6.07, 6.45) is 60.1. The van der Waals surface area contributed by atoms with Crippen LogP contribution < -0.4 is 5.32 Å². The number of esters is 1. The summed E-state index contributed by atoms with van der Waals surface area (Å²) in [7, 11) is 0. The van der Waals surface area contributed by atoms with E-state index in [9.17, 15) is 19.8 Å². The van der Waals surface area contributed by atoms with Crippen LogP contribution in [-0.2, 0) is 14.3 Å². The maximum absolute atomic E-state index is 12.4. The van der Waals surface area contributed by atoms with Gasteiger partial charge in [-0.2, -0.15) is 0 Å². The zero-order valence-electron chi connectivity index (χ0n) is 39.9. The molecule has 352 valence electrons. The van der Waals surface area contributed by atoms with Crippen LogP contribution in [-0.4, -0.2) is 47.4 Å². The molecule has 0 aliphatic carbocycles. The van der Waals surface area contributed by atoms with Gasteiger partial charge >= 0.3 is 5.97 Å². The van der Waals surface area contributed by atoms with Gasteiger partial charge in [0.15, 0.2) is 0 Å². The molecule has 6 nitrogen and oxygen atoms in total. The van der Waals surface area contributed by atoms with E-state index in [0.717, 1.165) is 83.5 Å². The molecule has 2 atom stereocenters. The van der Waals surface area contributed by atoms with Crippen LogP contribution >= 0.6 is 0 Å². The van der Waals surface area contributed by atoms with Gasteiger partial charge in [0.25, 0.3) is 0 Å². The summed E-state index contributed by atoms with van der Waals surface area (Å²) < 4.78 is 5.44. The number of allylic oxidation sites excluding steroid dienone is 5. The molecule has 0 rings (SSSR count). The van der Waals surface area contributed by atoms with Crippen molar-refractivity contribution in [1.29, 1.82) is 0 Å². The minimum absolute atomic E-state index is 0.0148. The number of ether oxygens (including phenoxy) is 1. The van der Waals surface area contributed by atoms with E-state index in [4.69, 9.17) is 4.74 Å². The second-order valence-corrected chi connectivity index (χ2v) is 17.9. The molecule has 1 amide bonds. The van der Waals surface area contributed by atoms with Crippen LogP contribution in [0.2, 0.25) is 0 Å². The number of unbranched alkanes of at least 4 members (excludes halogenated alkanes) is 33. The maximum atomic E-state index is 12.4. The molecule has 0 fully saturated rings. The second-order valence-electron chi connectivity index (χ2n) is 17.9. The summed E-state index contributed by atoms with van der Waals surface area (Å²) in [6.45, 7) is 4.85. The van der Waals surface area contributed by atoms with Gasteiger partial charge in [-0.1, -0.05) is 224 Å². The highest BCUT2D eigenvalue weighted by molar-refractivity contribution is 5.76. The van der Waals surface area contributed by atoms with Crippen LogP contribution in [0, 0.1) is 0 Å². The second kappa shape index (κ2) is 49.7. The molecule has 0 aliphatic rings. The monoisotopic (exact) mass is 844 g/mol. The Morgan fingerprint density at radius 2 is 0.833 bits per heavy atom. The van der Waals surface area contributed by atoms with Crippen molar-refractivity contribution in [2.45, 2.75) is 283 Å². The summed E-state index contributed by atoms with van der Waals surface area (Å²) in [5, 5.41) is 23.0. The predicted octanol–water partition coefficient (Wildman–Crippen LogP) is 15.7. The van der Waals surface area contributed by atoms with E-state index < -0.39 is 12.1 Å². The number of hydrogen-bond acceptors (Lipinski definition) is 5. The molecular formula is C54H101NO5. The van der Waals surface area contributed by atoms with Crippen molar-refractivity contribution in [2.75, 3.05) is 13.2 Å². The van der Waals surface area contributed by atoms with E-state index in [1.807, 2.05) is 6.08 Å². The normalized spacial score (nSPS) is 12.9. The van der Waals surface area contributed by atoms with E-state index in [1.165, 1.54) is 161 Å². The van der Waals surface area contributed by atoms with Gasteiger partial charge in [0.05, 0.1) is 25.4 Å². The number of carbonyl (C=O) groups is 2. The summed E-state index contributed by atoms with van der Waals surface area (Å²) in [5.41, 5.74) is 0. The molecule has 0 saturated carbocycles. The lowest BCUT2D eigenvalue weighted by Crippen LogP contribution is -2.45. The number of rotatable bonds is 48. The highest BCUT2D eigenvalue weighted by Gasteiger charge is 2.18. The highest BCUT2D eigenvalue weighted by Crippen LogP contribution is 2.15. The van der Waals surface area contributed by atoms with Gasteiger partial charge in [0.2, 0.25) is 5.91 Å². The maximum Gasteiger partial charge on any atom is 0.305 e. The van der Waals surface area contributed by atoms with Crippen molar-refractivity contribution in [1.82, 2.24) is 5.32 Å². The van der Waals surface area contributed by atoms with Gasteiger partial charge in [-0.15, -0.1) is 0 Å². The first kappa shape index (κ1) is 58.1. The summed E-state index contributed by atoms with van der Waals surface area (Å²) >= 11 is 0. The van der Waals surface area contributed by atoms with E-state index >= 15 is 0 Å². The fourth-order valence-corrected chi connectivity index (χ4v) is 7.84. The van der Waals surface area contributed by atoms with Crippen LogP contribution in [0.3, 0.4) is 0 Å². The van der Waals surface area contributed by atoms with Crippen molar-refractivity contribution < 1.29 is 24.5 Å². The Labute approximate surface area is 373 Å². The summed E-state index contributed by atoms with van der Waals surface area (Å²) in [4.78, 5) is 24.4. The van der Waals surface area contributed by atoms with Gasteiger partial charge in [-0.25, -0.2) is 0 Å². The largest absolute Gasteiger partial charge is 0.466 e. The summed E-state index contributed by atoms with van der Waals surface area (Å²) in [6, 6.07) is -0.639. The average molecular weight is 844 g/mol. The third-order valence-corrected chi connectivity index (χ3v) is 11.9. The molecule has 0 aromatic carbocycles. The van der Waals surface area contributed by atoms with Crippen molar-refractivity contribution in [3.05, 3.63) is 36.5 Å². The van der Waals surface area contributed by atoms with E-state index in [0.29, 0.717) is 19.4 Å². The average Bonchev–Trinajstić information content (AvgIpc) is 3.25. The highest BCUT2D eigenvalue weighted by atomic mass is 16.5. The molecule has 3 N–H and O–H groups in total. The topological polar surface area (TPSA) is 95.9 Å². The minimum Gasteiger partial charge on any atom is -0.466 e. The van der Waals surface area contributed by atoms with Crippen molar-refractivity contribution >= 4 is 11.9 Å². The first-order valence-electron chi connectivity index (χ1n) is 26.3. The van der Waals surface area contributed by atoms with Crippen LogP contribution in [0.15, 0.2) is 36.5 Å². The fourth-order valence-electron chi connectivity index (χ4n) is 7.84. The molecular weight excluding hydrogens is 743 g/mol. The number of carbonyl (C=O) groups excluding carboxylic acids is 2. The van der Waals surface area contributed by atoms with Gasteiger partial charge in [-0.3, -0.25) is 9.59 Å². The van der Waals surface area contributed by atoms with Gasteiger partial charge in [-0.05, 0) is 70.6 Å². The lowest BCUT2D eigenvalue weighted by molar-refractivity contribution is -0.143. The van der Waals surface area contributed by atoms with Crippen molar-refractivity contribution in [2.24, 2.45) is 0 Å². The minimum atomic E-state index is -0.854. The molecule has 0 saturated heterocycles. The van der Waals surface area contributed by atoms with Gasteiger partial charge < -0.3 is 20.3 Å². The van der Waals surface area contributed by atoms with Crippen LogP contribution in [0.1, 0.15) is 271 Å². The van der Waals surface area contributed by atoms with E-state index in [1.54, 1.807) is 6.08 Å². The third-order valence-electron chi connectivity index (χ3n) is 11.9. The van der Waals surface area contributed by atoms with Crippen molar-refractivity contribution in [3.63, 3.8) is 0 Å². The van der Waals surface area contributed by atoms with Crippen LogP contribution in [0.4, 0.5) is 0 Å². The lowest BCUT2D eigenvalue weighted by atomic mass is 10.0. The Kier molecular flexibility index (Phi) is 48.1. The first-order chi connectivity index (χ1) is 29.5. The van der Waals surface area contributed by atoms with Gasteiger partial charge in [0, 0.05) is 12.8 Å². The molecule has 60 heavy (non-hydrogen) atoms. The molecule has 0 aromatic rings. The molecule has 0 bridgehead atoms. The molecule has 0 radical (unpaired) electrons. The van der Waals surface area contributed by atoms with Crippen LogP contribution in [0.5, 0.6) is 0 Å². The fraction of sp³-hybridized carbons (Fsp3) is 0.852. The molecule has 0 heterocycles. The Bertz CT molecular complexity index is 977. The standard InChI is InChI=1S/C54H101NO5/c1-3-5-7-9-11-13-15-17-24-28-32-36-40-44-48-54(59)60-49-45-41-37-33-29-25-22-20-18-19-21-23-27-31-35-39-43-47-53(58)55-51(50-56)52(57)46-42-38-34-30-26-16-14-12-10-8-6-4-2/h18,20,25,29,42,46,51-52,56-57H,3-17,19,21-24,26-28,30-41,43-45,47-50H2,1-2H3,(H,55,58)/b20-18-,29-25-,46-42+. The first-order valence-corrected chi connectivity index (χ1v) is 26.3. The van der Waals surface area contributed by atoms with Crippen molar-refractivity contribution in [3.8, 4) is 0 Å². The predicted molar refractivity (Wildman–Crippen MR) is 259 cm³/mol. The molecule has 0 aliphatic heterocycles. The zero-order valence-corrected chi connectivity index (χ0v) is 39.9. The number of aliphatic hydroxyl groups excluding tert-OH is 2. The van der Waals surface area contributed by atoms with Crippen LogP contribution in [0.25, 0.3) is 0 Å². The van der Waals surface area contributed by atoms with Gasteiger partial charge in [0.1, 0.15) is 0 Å². The number of hydrogen-bond donors (Lipinski definition) is 3. The van der Waals surface area contributed by atoms with E-state index in [2.05, 4.69) is 43.5 Å². The Morgan fingerprint density at radius 1 is 0.467 bits per heavy atom. The Hall–Kier alpha value is -1.92. The SMILES string of the molecule is CCCCCCCCCCCC/C=C/C(O)C(CO)NC(=O)CCCCCCCCC/C=C\C/C=C\CCCCCOC(=O)CCCCCCCCCCCCCCCC. The Balaban J connectivity index is 3.52. The smallest absolute Gasteiger partial charge is 0.305 e. The van der Waals surface area contributed by atoms with E-state index in [-0.39, 0.29) is 18.5 Å². The number of aliphatic hydroxyl groups is 2. The number of nitrogens with one attached hydrogen (secondary N) is 1. The quantitative estimate of drug-likeness (QED) is 0.0322. The molecule has 2 unspecified atom stereocenters. The molecule has 0 spiro atoms. The Morgan fingerprint density at radius 3 is 1.27 bits per heavy atom. The molecule has 0 aromatic heterocycles.